The monoisotopic (exact) mass is 244 g/mol. The van der Waals surface area contributed by atoms with E-state index in [2.05, 4.69) is 20.8 Å². The molecule has 3 N–H and O–H groups in total. The van der Waals surface area contributed by atoms with Crippen molar-refractivity contribution in [2.24, 2.45) is 11.1 Å². The van der Waals surface area contributed by atoms with Crippen molar-refractivity contribution in [1.29, 1.82) is 0 Å². The standard InChI is InChI=1S/C12H24N2O3/c1-5-14(8-11(16)17)10(15)6-9(13)7-12(2,3)4/h9H,5-8,13H2,1-4H3,(H,16,17). The first-order valence-electron chi connectivity index (χ1n) is 5.91. The number of carbonyl (C=O) groups excluding carboxylic acids is 1. The number of aliphatic carboxylic acids is 1. The number of amides is 1. The minimum atomic E-state index is -0.996. The van der Waals surface area contributed by atoms with Crippen molar-refractivity contribution in [3.8, 4) is 0 Å². The van der Waals surface area contributed by atoms with Gasteiger partial charge in [0, 0.05) is 19.0 Å². The third-order valence-electron chi connectivity index (χ3n) is 2.37. The van der Waals surface area contributed by atoms with Gasteiger partial charge in [-0.2, -0.15) is 0 Å². The molecule has 5 nitrogen and oxygen atoms in total. The molecule has 0 spiro atoms. The van der Waals surface area contributed by atoms with Gasteiger partial charge in [-0.1, -0.05) is 20.8 Å². The Morgan fingerprint density at radius 1 is 1.35 bits per heavy atom. The number of hydrogen-bond acceptors (Lipinski definition) is 3. The van der Waals surface area contributed by atoms with E-state index in [1.54, 1.807) is 6.92 Å². The first kappa shape index (κ1) is 15.9. The summed E-state index contributed by atoms with van der Waals surface area (Å²) in [6, 6.07) is -0.217. The molecular formula is C12H24N2O3. The zero-order valence-corrected chi connectivity index (χ0v) is 11.2. The zero-order chi connectivity index (χ0) is 13.6. The quantitative estimate of drug-likeness (QED) is 0.732. The Balaban J connectivity index is 4.26. The van der Waals surface area contributed by atoms with Gasteiger partial charge in [0.2, 0.25) is 5.91 Å². The van der Waals surface area contributed by atoms with Crippen LogP contribution in [0.25, 0.3) is 0 Å². The van der Waals surface area contributed by atoms with Gasteiger partial charge in [0.1, 0.15) is 6.54 Å². The molecule has 0 aliphatic rings. The van der Waals surface area contributed by atoms with E-state index in [0.29, 0.717) is 6.54 Å². The topological polar surface area (TPSA) is 83.6 Å². The zero-order valence-electron chi connectivity index (χ0n) is 11.2. The van der Waals surface area contributed by atoms with Crippen molar-refractivity contribution in [2.75, 3.05) is 13.1 Å². The van der Waals surface area contributed by atoms with Gasteiger partial charge in [-0.25, -0.2) is 0 Å². The number of carboxylic acid groups (broad SMARTS) is 1. The lowest BCUT2D eigenvalue weighted by atomic mass is 9.87. The van der Waals surface area contributed by atoms with Crippen LogP contribution < -0.4 is 5.73 Å². The van der Waals surface area contributed by atoms with E-state index in [0.717, 1.165) is 6.42 Å². The fraction of sp³-hybridized carbons (Fsp3) is 0.833. The predicted octanol–water partition coefficient (Wildman–Crippen LogP) is 1.07. The predicted molar refractivity (Wildman–Crippen MR) is 66.6 cm³/mol. The molecule has 0 saturated heterocycles. The van der Waals surface area contributed by atoms with Crippen LogP contribution in [-0.2, 0) is 9.59 Å². The van der Waals surface area contributed by atoms with Crippen LogP contribution in [0.3, 0.4) is 0 Å². The molecule has 0 rings (SSSR count). The second-order valence-electron chi connectivity index (χ2n) is 5.53. The lowest BCUT2D eigenvalue weighted by Crippen LogP contribution is -2.39. The third-order valence-corrected chi connectivity index (χ3v) is 2.37. The highest BCUT2D eigenvalue weighted by Crippen LogP contribution is 2.21. The summed E-state index contributed by atoms with van der Waals surface area (Å²) < 4.78 is 0. The molecule has 17 heavy (non-hydrogen) atoms. The molecule has 0 aromatic carbocycles. The van der Waals surface area contributed by atoms with Crippen LogP contribution in [0.2, 0.25) is 0 Å². The summed E-state index contributed by atoms with van der Waals surface area (Å²) in [4.78, 5) is 23.7. The molecule has 0 bridgehead atoms. The third kappa shape index (κ3) is 7.74. The second kappa shape index (κ2) is 6.59. The molecule has 1 unspecified atom stereocenters. The summed E-state index contributed by atoms with van der Waals surface area (Å²) in [5, 5.41) is 8.66. The van der Waals surface area contributed by atoms with Crippen LogP contribution in [0.15, 0.2) is 0 Å². The van der Waals surface area contributed by atoms with Crippen molar-refractivity contribution in [3.05, 3.63) is 0 Å². The van der Waals surface area contributed by atoms with Gasteiger partial charge in [-0.3, -0.25) is 9.59 Å². The van der Waals surface area contributed by atoms with Gasteiger partial charge in [0.25, 0.3) is 0 Å². The molecule has 1 amide bonds. The first-order chi connectivity index (χ1) is 7.65. The number of likely N-dealkylation sites (N-methyl/N-ethyl adjacent to an activating group) is 1. The fourth-order valence-electron chi connectivity index (χ4n) is 1.75. The van der Waals surface area contributed by atoms with Gasteiger partial charge in [0.05, 0.1) is 0 Å². The lowest BCUT2D eigenvalue weighted by Gasteiger charge is -2.25. The summed E-state index contributed by atoms with van der Waals surface area (Å²) in [5.41, 5.74) is 5.96. The molecule has 0 radical (unpaired) electrons. The molecule has 0 aliphatic heterocycles. The average molecular weight is 244 g/mol. The van der Waals surface area contributed by atoms with E-state index in [-0.39, 0.29) is 30.3 Å². The molecule has 0 aromatic rings. The SMILES string of the molecule is CCN(CC(=O)O)C(=O)CC(N)CC(C)(C)C. The molecule has 5 heteroatoms. The van der Waals surface area contributed by atoms with Crippen molar-refractivity contribution in [3.63, 3.8) is 0 Å². The maximum Gasteiger partial charge on any atom is 0.323 e. The van der Waals surface area contributed by atoms with Gasteiger partial charge < -0.3 is 15.7 Å². The van der Waals surface area contributed by atoms with Crippen LogP contribution >= 0.6 is 0 Å². The normalized spacial score (nSPS) is 13.2. The van der Waals surface area contributed by atoms with Gasteiger partial charge in [-0.15, -0.1) is 0 Å². The minimum Gasteiger partial charge on any atom is -0.480 e. The van der Waals surface area contributed by atoms with Crippen molar-refractivity contribution in [2.45, 2.75) is 46.6 Å². The van der Waals surface area contributed by atoms with E-state index in [1.165, 1.54) is 4.90 Å². The number of rotatable bonds is 6. The highest BCUT2D eigenvalue weighted by Gasteiger charge is 2.21. The van der Waals surface area contributed by atoms with Crippen molar-refractivity contribution in [1.82, 2.24) is 4.90 Å². The van der Waals surface area contributed by atoms with Crippen molar-refractivity contribution < 1.29 is 14.7 Å². The summed E-state index contributed by atoms with van der Waals surface area (Å²) in [7, 11) is 0. The van der Waals surface area contributed by atoms with E-state index < -0.39 is 5.97 Å². The van der Waals surface area contributed by atoms with E-state index >= 15 is 0 Å². The van der Waals surface area contributed by atoms with Crippen LogP contribution in [0.5, 0.6) is 0 Å². The molecule has 100 valence electrons. The summed E-state index contributed by atoms with van der Waals surface area (Å²) in [6.45, 7) is 8.09. The summed E-state index contributed by atoms with van der Waals surface area (Å²) in [5.74, 6) is -1.18. The number of carbonyl (C=O) groups is 2. The Morgan fingerprint density at radius 3 is 2.24 bits per heavy atom. The van der Waals surface area contributed by atoms with Gasteiger partial charge in [-0.05, 0) is 18.8 Å². The van der Waals surface area contributed by atoms with E-state index in [9.17, 15) is 9.59 Å². The molecule has 1 atom stereocenters. The average Bonchev–Trinajstić information content (AvgIpc) is 2.10. The molecule has 0 fully saturated rings. The minimum absolute atomic E-state index is 0.0730. The highest BCUT2D eigenvalue weighted by molar-refractivity contribution is 5.81. The molecule has 0 aromatic heterocycles. The summed E-state index contributed by atoms with van der Waals surface area (Å²) in [6.07, 6.45) is 0.946. The van der Waals surface area contributed by atoms with Crippen LogP contribution in [0.4, 0.5) is 0 Å². The number of carboxylic acids is 1. The number of nitrogens with zero attached hydrogens (tertiary/aromatic N) is 1. The molecular weight excluding hydrogens is 220 g/mol. The largest absolute Gasteiger partial charge is 0.480 e. The summed E-state index contributed by atoms with van der Waals surface area (Å²) >= 11 is 0. The smallest absolute Gasteiger partial charge is 0.323 e. The Hall–Kier alpha value is -1.10. The molecule has 0 heterocycles. The Labute approximate surface area is 103 Å². The van der Waals surface area contributed by atoms with Gasteiger partial charge in [0.15, 0.2) is 0 Å². The first-order valence-corrected chi connectivity index (χ1v) is 5.91. The Morgan fingerprint density at radius 2 is 1.88 bits per heavy atom. The van der Waals surface area contributed by atoms with E-state index in [1.807, 2.05) is 0 Å². The maximum atomic E-state index is 11.8. The van der Waals surface area contributed by atoms with Gasteiger partial charge >= 0.3 is 5.97 Å². The maximum absolute atomic E-state index is 11.8. The second-order valence-corrected chi connectivity index (χ2v) is 5.53. The van der Waals surface area contributed by atoms with E-state index in [4.69, 9.17) is 10.8 Å². The highest BCUT2D eigenvalue weighted by atomic mass is 16.4. The lowest BCUT2D eigenvalue weighted by molar-refractivity contribution is -0.144. The van der Waals surface area contributed by atoms with Crippen molar-refractivity contribution >= 4 is 11.9 Å². The Bertz CT molecular complexity index is 271. The Kier molecular flexibility index (Phi) is 6.16. The number of nitrogens with two attached hydrogens (primary N) is 1. The number of hydrogen-bond donors (Lipinski definition) is 2. The fourth-order valence-corrected chi connectivity index (χ4v) is 1.75. The van der Waals surface area contributed by atoms with Crippen LogP contribution in [0, 0.1) is 5.41 Å². The van der Waals surface area contributed by atoms with Crippen LogP contribution in [0.1, 0.15) is 40.5 Å². The molecule has 0 saturated carbocycles. The van der Waals surface area contributed by atoms with Crippen LogP contribution in [-0.4, -0.2) is 41.0 Å². The molecule has 0 aliphatic carbocycles.